The molecule has 0 fully saturated rings. The van der Waals surface area contributed by atoms with Crippen molar-refractivity contribution in [3.05, 3.63) is 11.6 Å². The lowest BCUT2D eigenvalue weighted by Gasteiger charge is -2.25. The van der Waals surface area contributed by atoms with E-state index in [1.54, 1.807) is 6.08 Å². The Morgan fingerprint density at radius 2 is 2.25 bits per heavy atom. The van der Waals surface area contributed by atoms with Crippen molar-refractivity contribution in [2.24, 2.45) is 5.92 Å². The molecule has 1 aliphatic heterocycles. The molecular weight excluding hydrogens is 230 g/mol. The van der Waals surface area contributed by atoms with Gasteiger partial charge in [-0.1, -0.05) is 19.9 Å². The third-order valence-corrected chi connectivity index (χ3v) is 2.44. The molecule has 16 heavy (non-hydrogen) atoms. The molecule has 4 nitrogen and oxygen atoms in total. The molecule has 0 atom stereocenters. The first-order chi connectivity index (χ1) is 7.50. The van der Waals surface area contributed by atoms with E-state index in [4.69, 9.17) is 16.3 Å². The molecule has 0 saturated heterocycles. The summed E-state index contributed by atoms with van der Waals surface area (Å²) in [7, 11) is 0. The lowest BCUT2D eigenvalue weighted by molar-refractivity contribution is -0.108. The van der Waals surface area contributed by atoms with Crippen LogP contribution in [0, 0.1) is 5.92 Å². The number of carbonyl (C=O) groups is 2. The second-order valence-electron chi connectivity index (χ2n) is 4.18. The molecule has 1 rings (SSSR count). The van der Waals surface area contributed by atoms with Gasteiger partial charge in [0.1, 0.15) is 0 Å². The van der Waals surface area contributed by atoms with Gasteiger partial charge >= 0.3 is 6.09 Å². The van der Waals surface area contributed by atoms with Crippen LogP contribution in [0.4, 0.5) is 4.79 Å². The molecule has 1 heterocycles. The molecule has 0 spiro atoms. The van der Waals surface area contributed by atoms with Gasteiger partial charge in [0, 0.05) is 12.1 Å². The smallest absolute Gasteiger partial charge is 0.410 e. The predicted octanol–water partition coefficient (Wildman–Crippen LogP) is 2.18. The number of halogens is 1. The van der Waals surface area contributed by atoms with Gasteiger partial charge in [-0.05, 0) is 23.9 Å². The maximum atomic E-state index is 11.6. The molecule has 1 amide bonds. The van der Waals surface area contributed by atoms with Crippen molar-refractivity contribution in [1.82, 2.24) is 4.90 Å². The fourth-order valence-corrected chi connectivity index (χ4v) is 1.51. The summed E-state index contributed by atoms with van der Waals surface area (Å²) >= 11 is 5.37. The summed E-state index contributed by atoms with van der Waals surface area (Å²) in [6.07, 6.45) is 2.03. The van der Waals surface area contributed by atoms with Crippen LogP contribution in [0.2, 0.25) is 0 Å². The number of rotatable bonds is 3. The fraction of sp³-hybridized carbons (Fsp3) is 0.636. The molecule has 0 aromatic rings. The van der Waals surface area contributed by atoms with Crippen molar-refractivity contribution in [2.75, 3.05) is 19.7 Å². The van der Waals surface area contributed by atoms with E-state index < -0.39 is 5.24 Å². The first kappa shape index (κ1) is 13.0. The van der Waals surface area contributed by atoms with Crippen molar-refractivity contribution < 1.29 is 14.3 Å². The number of nitrogens with zero attached hydrogens (tertiary/aromatic N) is 1. The second-order valence-corrected chi connectivity index (χ2v) is 4.53. The molecule has 5 heteroatoms. The zero-order valence-electron chi connectivity index (χ0n) is 9.53. The molecule has 0 N–H and O–H groups in total. The number of amides is 1. The number of carbonyl (C=O) groups excluding carboxylic acids is 2. The quantitative estimate of drug-likeness (QED) is 0.716. The molecule has 0 aliphatic carbocycles. The highest BCUT2D eigenvalue weighted by Gasteiger charge is 2.22. The zero-order chi connectivity index (χ0) is 12.1. The van der Waals surface area contributed by atoms with Crippen molar-refractivity contribution in [2.45, 2.75) is 20.3 Å². The Kier molecular flexibility index (Phi) is 4.80. The second kappa shape index (κ2) is 5.89. The van der Waals surface area contributed by atoms with Crippen molar-refractivity contribution in [3.63, 3.8) is 0 Å². The van der Waals surface area contributed by atoms with E-state index in [-0.39, 0.29) is 12.6 Å². The lowest BCUT2D eigenvalue weighted by Crippen LogP contribution is -2.37. The molecule has 0 bridgehead atoms. The summed E-state index contributed by atoms with van der Waals surface area (Å²) in [6.45, 7) is 5.15. The van der Waals surface area contributed by atoms with Gasteiger partial charge < -0.3 is 9.64 Å². The SMILES string of the molecule is CC(C)COC(=O)N1CCC=C(C(=O)Cl)C1. The maximum absolute atomic E-state index is 11.6. The highest BCUT2D eigenvalue weighted by atomic mass is 35.5. The van der Waals surface area contributed by atoms with Gasteiger partial charge in [-0.15, -0.1) is 0 Å². The van der Waals surface area contributed by atoms with Crippen LogP contribution >= 0.6 is 11.6 Å². The lowest BCUT2D eigenvalue weighted by atomic mass is 10.1. The van der Waals surface area contributed by atoms with Gasteiger partial charge in [0.25, 0.3) is 0 Å². The average Bonchev–Trinajstić information content (AvgIpc) is 2.26. The summed E-state index contributed by atoms with van der Waals surface area (Å²) in [5.41, 5.74) is 0.467. The highest BCUT2D eigenvalue weighted by Crippen LogP contribution is 2.13. The average molecular weight is 246 g/mol. The fourth-order valence-electron chi connectivity index (χ4n) is 1.37. The van der Waals surface area contributed by atoms with Crippen molar-refractivity contribution in [1.29, 1.82) is 0 Å². The van der Waals surface area contributed by atoms with E-state index in [1.165, 1.54) is 4.90 Å². The topological polar surface area (TPSA) is 46.6 Å². The standard InChI is InChI=1S/C11H16ClNO3/c1-8(2)7-16-11(15)13-5-3-4-9(6-13)10(12)14/h4,8H,3,5-7H2,1-2H3. The minimum Gasteiger partial charge on any atom is -0.449 e. The van der Waals surface area contributed by atoms with Gasteiger partial charge in [-0.25, -0.2) is 4.79 Å². The van der Waals surface area contributed by atoms with Crippen molar-refractivity contribution in [3.8, 4) is 0 Å². The van der Waals surface area contributed by atoms with Crippen molar-refractivity contribution >= 4 is 22.9 Å². The summed E-state index contributed by atoms with van der Waals surface area (Å²) < 4.78 is 5.08. The minimum atomic E-state index is -0.499. The van der Waals surface area contributed by atoms with Gasteiger partial charge in [0.15, 0.2) is 0 Å². The van der Waals surface area contributed by atoms with Crippen LogP contribution in [0.15, 0.2) is 11.6 Å². The van der Waals surface area contributed by atoms with Crippen LogP contribution < -0.4 is 0 Å². The molecule has 0 saturated carbocycles. The van der Waals surface area contributed by atoms with Gasteiger partial charge in [-0.3, -0.25) is 4.79 Å². The largest absolute Gasteiger partial charge is 0.449 e. The summed E-state index contributed by atoms with van der Waals surface area (Å²) in [5, 5.41) is -0.499. The Morgan fingerprint density at radius 1 is 1.56 bits per heavy atom. The highest BCUT2D eigenvalue weighted by molar-refractivity contribution is 6.67. The monoisotopic (exact) mass is 245 g/mol. The first-order valence-electron chi connectivity index (χ1n) is 5.31. The Hall–Kier alpha value is -1.03. The van der Waals surface area contributed by atoms with Crippen LogP contribution in [0.25, 0.3) is 0 Å². The van der Waals surface area contributed by atoms with Gasteiger partial charge in [0.2, 0.25) is 5.24 Å². The Balaban J connectivity index is 2.47. The molecule has 0 unspecified atom stereocenters. The van der Waals surface area contributed by atoms with Crippen LogP contribution in [0.1, 0.15) is 20.3 Å². The third kappa shape index (κ3) is 3.85. The number of hydrogen-bond acceptors (Lipinski definition) is 3. The van der Waals surface area contributed by atoms with Crippen LogP contribution in [0.5, 0.6) is 0 Å². The van der Waals surface area contributed by atoms with Crippen LogP contribution in [-0.4, -0.2) is 35.9 Å². The van der Waals surface area contributed by atoms with E-state index >= 15 is 0 Å². The number of ether oxygens (including phenoxy) is 1. The normalized spacial score (nSPS) is 16.0. The molecule has 90 valence electrons. The predicted molar refractivity (Wildman–Crippen MR) is 61.3 cm³/mol. The summed E-state index contributed by atoms with van der Waals surface area (Å²) in [5.74, 6) is 0.304. The molecule has 1 aliphatic rings. The van der Waals surface area contributed by atoms with Gasteiger partial charge in [-0.2, -0.15) is 0 Å². The summed E-state index contributed by atoms with van der Waals surface area (Å²) in [4.78, 5) is 24.0. The summed E-state index contributed by atoms with van der Waals surface area (Å²) in [6, 6.07) is 0. The molecule has 0 aromatic heterocycles. The Bertz CT molecular complexity index is 312. The zero-order valence-corrected chi connectivity index (χ0v) is 10.3. The van der Waals surface area contributed by atoms with Crippen LogP contribution in [0.3, 0.4) is 0 Å². The Labute approximate surface area is 100 Å². The Morgan fingerprint density at radius 3 is 2.81 bits per heavy atom. The molecule has 0 aromatic carbocycles. The van der Waals surface area contributed by atoms with Gasteiger partial charge in [0.05, 0.1) is 13.2 Å². The molecular formula is C11H16ClNO3. The first-order valence-corrected chi connectivity index (χ1v) is 5.69. The minimum absolute atomic E-state index is 0.249. The van der Waals surface area contributed by atoms with E-state index in [1.807, 2.05) is 13.8 Å². The van der Waals surface area contributed by atoms with E-state index in [9.17, 15) is 9.59 Å². The van der Waals surface area contributed by atoms with E-state index in [2.05, 4.69) is 0 Å². The van der Waals surface area contributed by atoms with E-state index in [0.29, 0.717) is 31.1 Å². The molecule has 0 radical (unpaired) electrons. The third-order valence-electron chi connectivity index (χ3n) is 2.20. The maximum Gasteiger partial charge on any atom is 0.410 e. The number of hydrogen-bond donors (Lipinski definition) is 0. The van der Waals surface area contributed by atoms with E-state index in [0.717, 1.165) is 0 Å². The van der Waals surface area contributed by atoms with Crippen LogP contribution in [-0.2, 0) is 9.53 Å².